The predicted molar refractivity (Wildman–Crippen MR) is 87.3 cm³/mol. The molecule has 0 aliphatic carbocycles. The number of rotatable bonds is 4. The zero-order valence-corrected chi connectivity index (χ0v) is 14.2. The van der Waals surface area contributed by atoms with Crippen LogP contribution in [0.3, 0.4) is 0 Å². The molecule has 0 amide bonds. The van der Waals surface area contributed by atoms with Gasteiger partial charge < -0.3 is 0 Å². The standard InChI is InChI=1S/C16H25N3O2S/c1-13(2)9-18-7-8-19(10-14-3-5-17-6-4-14)16-12-22(20,21)11-15(16)18/h3-6,13,15-16H,7-12H2,1-2H3/t15-,16+/m0/s1. The molecule has 0 spiro atoms. The molecule has 22 heavy (non-hydrogen) atoms. The molecule has 0 unspecified atom stereocenters. The van der Waals surface area contributed by atoms with Crippen molar-refractivity contribution in [1.82, 2.24) is 14.8 Å². The molecule has 6 heteroatoms. The van der Waals surface area contributed by atoms with Gasteiger partial charge in [-0.2, -0.15) is 0 Å². The first-order valence-electron chi connectivity index (χ1n) is 8.02. The Hall–Kier alpha value is -0.980. The quantitative estimate of drug-likeness (QED) is 0.828. The highest BCUT2D eigenvalue weighted by Crippen LogP contribution is 2.28. The highest BCUT2D eigenvalue weighted by atomic mass is 32.2. The summed E-state index contributed by atoms with van der Waals surface area (Å²) in [6.45, 7) is 8.09. The fraction of sp³-hybridized carbons (Fsp3) is 0.688. The Balaban J connectivity index is 1.77. The Bertz CT molecular complexity index is 603. The molecule has 2 atom stereocenters. The Morgan fingerprint density at radius 2 is 1.73 bits per heavy atom. The summed E-state index contributed by atoms with van der Waals surface area (Å²) in [5.74, 6) is 1.19. The average Bonchev–Trinajstić information content (AvgIpc) is 2.78. The molecule has 1 aromatic heterocycles. The largest absolute Gasteiger partial charge is 0.296 e. The van der Waals surface area contributed by atoms with E-state index < -0.39 is 9.84 Å². The van der Waals surface area contributed by atoms with Gasteiger partial charge in [0.1, 0.15) is 0 Å². The molecule has 3 heterocycles. The summed E-state index contributed by atoms with van der Waals surface area (Å²) in [7, 11) is -2.92. The lowest BCUT2D eigenvalue weighted by Gasteiger charge is -2.44. The van der Waals surface area contributed by atoms with Gasteiger partial charge in [0, 0.05) is 50.7 Å². The first-order chi connectivity index (χ1) is 10.4. The van der Waals surface area contributed by atoms with Gasteiger partial charge in [0.25, 0.3) is 0 Å². The van der Waals surface area contributed by atoms with E-state index in [1.54, 1.807) is 12.4 Å². The lowest BCUT2D eigenvalue weighted by atomic mass is 10.0. The summed E-state index contributed by atoms with van der Waals surface area (Å²) in [5, 5.41) is 0. The molecule has 0 N–H and O–H groups in total. The minimum absolute atomic E-state index is 0.130. The van der Waals surface area contributed by atoms with Gasteiger partial charge in [-0.25, -0.2) is 8.42 Å². The maximum absolute atomic E-state index is 12.2. The normalized spacial score (nSPS) is 28.9. The second kappa shape index (κ2) is 6.26. The van der Waals surface area contributed by atoms with Crippen molar-refractivity contribution in [2.75, 3.05) is 31.1 Å². The summed E-state index contributed by atoms with van der Waals surface area (Å²) in [5.41, 5.74) is 1.20. The molecule has 2 fully saturated rings. The van der Waals surface area contributed by atoms with Crippen LogP contribution in [0.2, 0.25) is 0 Å². The minimum Gasteiger partial charge on any atom is -0.296 e. The topological polar surface area (TPSA) is 53.5 Å². The van der Waals surface area contributed by atoms with Crippen LogP contribution in [0.15, 0.2) is 24.5 Å². The Kier molecular flexibility index (Phi) is 4.52. The van der Waals surface area contributed by atoms with Gasteiger partial charge in [-0.3, -0.25) is 14.8 Å². The fourth-order valence-corrected chi connectivity index (χ4v) is 5.75. The Morgan fingerprint density at radius 1 is 1.14 bits per heavy atom. The van der Waals surface area contributed by atoms with Crippen LogP contribution in [-0.2, 0) is 16.4 Å². The molecule has 3 rings (SSSR count). The maximum Gasteiger partial charge on any atom is 0.153 e. The number of sulfone groups is 1. The van der Waals surface area contributed by atoms with Crippen molar-refractivity contribution in [3.63, 3.8) is 0 Å². The van der Waals surface area contributed by atoms with Crippen LogP contribution in [0.4, 0.5) is 0 Å². The maximum atomic E-state index is 12.2. The van der Waals surface area contributed by atoms with Crippen LogP contribution >= 0.6 is 0 Å². The lowest BCUT2D eigenvalue weighted by Crippen LogP contribution is -2.59. The highest BCUT2D eigenvalue weighted by Gasteiger charge is 2.46. The lowest BCUT2D eigenvalue weighted by molar-refractivity contribution is 0.0337. The number of hydrogen-bond acceptors (Lipinski definition) is 5. The molecule has 122 valence electrons. The number of aromatic nitrogens is 1. The van der Waals surface area contributed by atoms with E-state index in [9.17, 15) is 8.42 Å². The van der Waals surface area contributed by atoms with Crippen LogP contribution in [0.25, 0.3) is 0 Å². The first kappa shape index (κ1) is 15.9. The van der Waals surface area contributed by atoms with E-state index in [0.29, 0.717) is 17.4 Å². The molecule has 0 saturated carbocycles. The van der Waals surface area contributed by atoms with E-state index in [2.05, 4.69) is 28.6 Å². The molecule has 2 aliphatic rings. The number of piperazine rings is 1. The highest BCUT2D eigenvalue weighted by molar-refractivity contribution is 7.91. The molecule has 0 bridgehead atoms. The van der Waals surface area contributed by atoms with Gasteiger partial charge in [-0.05, 0) is 23.6 Å². The Labute approximate surface area is 133 Å². The van der Waals surface area contributed by atoms with E-state index in [4.69, 9.17) is 0 Å². The number of pyridine rings is 1. The van der Waals surface area contributed by atoms with Crippen molar-refractivity contribution in [2.45, 2.75) is 32.5 Å². The van der Waals surface area contributed by atoms with E-state index in [1.807, 2.05) is 12.1 Å². The third-order valence-electron chi connectivity index (χ3n) is 4.64. The van der Waals surface area contributed by atoms with Crippen molar-refractivity contribution in [3.05, 3.63) is 30.1 Å². The third-order valence-corrected chi connectivity index (χ3v) is 6.34. The SMILES string of the molecule is CC(C)CN1CCN(Cc2ccncc2)[C@@H]2CS(=O)(=O)C[C@@H]21. The van der Waals surface area contributed by atoms with Crippen molar-refractivity contribution >= 4 is 9.84 Å². The number of fused-ring (bicyclic) bond motifs is 1. The van der Waals surface area contributed by atoms with E-state index >= 15 is 0 Å². The summed E-state index contributed by atoms with van der Waals surface area (Å²) in [6, 6.07) is 4.31. The second-order valence-corrected chi connectivity index (χ2v) is 9.08. The van der Waals surface area contributed by atoms with Crippen LogP contribution in [-0.4, -0.2) is 66.4 Å². The smallest absolute Gasteiger partial charge is 0.153 e. The first-order valence-corrected chi connectivity index (χ1v) is 9.84. The van der Waals surface area contributed by atoms with Crippen LogP contribution in [0.1, 0.15) is 19.4 Å². The average molecular weight is 323 g/mol. The van der Waals surface area contributed by atoms with Crippen LogP contribution in [0.5, 0.6) is 0 Å². The van der Waals surface area contributed by atoms with Gasteiger partial charge >= 0.3 is 0 Å². The van der Waals surface area contributed by atoms with Crippen LogP contribution in [0, 0.1) is 5.92 Å². The van der Waals surface area contributed by atoms with Gasteiger partial charge in [0.2, 0.25) is 0 Å². The van der Waals surface area contributed by atoms with E-state index in [-0.39, 0.29) is 12.1 Å². The van der Waals surface area contributed by atoms with E-state index in [1.165, 1.54) is 5.56 Å². The zero-order valence-electron chi connectivity index (χ0n) is 13.4. The molecular formula is C16H25N3O2S. The van der Waals surface area contributed by atoms with Crippen LogP contribution < -0.4 is 0 Å². The van der Waals surface area contributed by atoms with Gasteiger partial charge in [-0.15, -0.1) is 0 Å². The summed E-state index contributed by atoms with van der Waals surface area (Å²) in [4.78, 5) is 8.79. The minimum atomic E-state index is -2.92. The van der Waals surface area contributed by atoms with Gasteiger partial charge in [-0.1, -0.05) is 13.8 Å². The van der Waals surface area contributed by atoms with Gasteiger partial charge in [0.05, 0.1) is 11.5 Å². The third kappa shape index (κ3) is 3.50. The molecule has 1 aromatic rings. The summed E-state index contributed by atoms with van der Waals surface area (Å²) >= 11 is 0. The monoisotopic (exact) mass is 323 g/mol. The van der Waals surface area contributed by atoms with E-state index in [0.717, 1.165) is 26.2 Å². The van der Waals surface area contributed by atoms with Crippen molar-refractivity contribution in [2.24, 2.45) is 5.92 Å². The summed E-state index contributed by atoms with van der Waals surface area (Å²) in [6.07, 6.45) is 3.60. The van der Waals surface area contributed by atoms with Gasteiger partial charge in [0.15, 0.2) is 9.84 Å². The molecular weight excluding hydrogens is 298 g/mol. The Morgan fingerprint density at radius 3 is 2.36 bits per heavy atom. The molecule has 5 nitrogen and oxygen atoms in total. The number of hydrogen-bond donors (Lipinski definition) is 0. The van der Waals surface area contributed by atoms with Crippen molar-refractivity contribution in [1.29, 1.82) is 0 Å². The molecule has 0 radical (unpaired) electrons. The molecule has 2 saturated heterocycles. The fourth-order valence-electron chi connectivity index (χ4n) is 3.71. The summed E-state index contributed by atoms with van der Waals surface area (Å²) < 4.78 is 24.3. The van der Waals surface area contributed by atoms with Crippen molar-refractivity contribution < 1.29 is 8.42 Å². The zero-order chi connectivity index (χ0) is 15.7. The second-order valence-electron chi connectivity index (χ2n) is 6.93. The predicted octanol–water partition coefficient (Wildman–Crippen LogP) is 1.02. The molecule has 0 aromatic carbocycles. The number of nitrogens with zero attached hydrogens (tertiary/aromatic N) is 3. The molecule has 2 aliphatic heterocycles. The van der Waals surface area contributed by atoms with Crippen molar-refractivity contribution in [3.8, 4) is 0 Å².